The maximum absolute atomic E-state index is 11.2. The van der Waals surface area contributed by atoms with Gasteiger partial charge >= 0.3 is 5.97 Å². The molecule has 0 aromatic heterocycles. The highest BCUT2D eigenvalue weighted by Crippen LogP contribution is 2.36. The zero-order valence-corrected chi connectivity index (χ0v) is 10.4. The lowest BCUT2D eigenvalue weighted by atomic mass is 9.76. The summed E-state index contributed by atoms with van der Waals surface area (Å²) in [4.78, 5) is 11.2. The summed E-state index contributed by atoms with van der Waals surface area (Å²) in [6.07, 6.45) is 0. The quantitative estimate of drug-likeness (QED) is 0.655. The van der Waals surface area contributed by atoms with E-state index in [4.69, 9.17) is 0 Å². The first-order valence-corrected chi connectivity index (χ1v) is 4.93. The predicted octanol–water partition coefficient (Wildman–Crippen LogP) is 3.48. The van der Waals surface area contributed by atoms with Crippen molar-refractivity contribution in [2.45, 2.75) is 48.5 Å². The van der Waals surface area contributed by atoms with Gasteiger partial charge in [0.25, 0.3) is 0 Å². The first kappa shape index (κ1) is 13.2. The van der Waals surface area contributed by atoms with Crippen LogP contribution in [0.2, 0.25) is 0 Å². The number of rotatable bonds is 1. The number of allylic oxidation sites excluding steroid dienone is 1. The summed E-state index contributed by atoms with van der Waals surface area (Å²) in [5, 5.41) is 9.18. The van der Waals surface area contributed by atoms with Gasteiger partial charge in [0.2, 0.25) is 0 Å². The molecule has 0 spiro atoms. The molecular formula is C12H22O2. The Bertz CT molecular complexity index is 259. The van der Waals surface area contributed by atoms with Crippen molar-refractivity contribution < 1.29 is 9.90 Å². The van der Waals surface area contributed by atoms with E-state index in [2.05, 4.69) is 0 Å². The van der Waals surface area contributed by atoms with Crippen molar-refractivity contribution in [3.8, 4) is 0 Å². The lowest BCUT2D eigenvalue weighted by molar-refractivity contribution is -0.133. The molecule has 0 saturated heterocycles. The smallest absolute Gasteiger partial charge is 0.332 e. The van der Waals surface area contributed by atoms with Gasteiger partial charge in [-0.2, -0.15) is 0 Å². The van der Waals surface area contributed by atoms with E-state index in [1.165, 1.54) is 0 Å². The average Bonchev–Trinajstić information content (AvgIpc) is 1.79. The molecule has 0 atom stereocenters. The number of hydrogen-bond acceptors (Lipinski definition) is 1. The summed E-state index contributed by atoms with van der Waals surface area (Å²) in [5.74, 6) is -0.801. The molecule has 14 heavy (non-hydrogen) atoms. The van der Waals surface area contributed by atoms with Crippen molar-refractivity contribution in [1.29, 1.82) is 0 Å². The van der Waals surface area contributed by atoms with E-state index in [0.717, 1.165) is 5.57 Å². The fraction of sp³-hybridized carbons (Fsp3) is 0.750. The summed E-state index contributed by atoms with van der Waals surface area (Å²) in [7, 11) is 0. The maximum atomic E-state index is 11.2. The van der Waals surface area contributed by atoms with Crippen molar-refractivity contribution >= 4 is 5.97 Å². The first-order valence-electron chi connectivity index (χ1n) is 4.93. The molecule has 1 N–H and O–H groups in total. The van der Waals surface area contributed by atoms with Crippen LogP contribution in [0.25, 0.3) is 0 Å². The Morgan fingerprint density at radius 1 is 0.929 bits per heavy atom. The Labute approximate surface area is 87.0 Å². The van der Waals surface area contributed by atoms with E-state index in [1.54, 1.807) is 0 Å². The third kappa shape index (κ3) is 3.17. The molecule has 0 unspecified atom stereocenters. The molecule has 0 aromatic rings. The van der Waals surface area contributed by atoms with Crippen LogP contribution in [0.4, 0.5) is 0 Å². The van der Waals surface area contributed by atoms with E-state index in [0.29, 0.717) is 5.57 Å². The normalized spacial score (nSPS) is 15.1. The van der Waals surface area contributed by atoms with E-state index in [-0.39, 0.29) is 10.8 Å². The number of aliphatic carboxylic acids is 1. The van der Waals surface area contributed by atoms with Gasteiger partial charge in [-0.3, -0.25) is 0 Å². The van der Waals surface area contributed by atoms with Gasteiger partial charge in [0.1, 0.15) is 0 Å². The zero-order valence-electron chi connectivity index (χ0n) is 10.4. The van der Waals surface area contributed by atoms with Crippen molar-refractivity contribution in [3.63, 3.8) is 0 Å². The summed E-state index contributed by atoms with van der Waals surface area (Å²) in [5.41, 5.74) is 1.10. The fourth-order valence-electron chi connectivity index (χ4n) is 1.42. The van der Waals surface area contributed by atoms with E-state index in [1.807, 2.05) is 48.5 Å². The molecule has 0 aromatic carbocycles. The maximum Gasteiger partial charge on any atom is 0.332 e. The van der Waals surface area contributed by atoms with Crippen molar-refractivity contribution in [2.75, 3.05) is 0 Å². The third-order valence-corrected chi connectivity index (χ3v) is 2.46. The Hall–Kier alpha value is -0.790. The minimum atomic E-state index is -0.801. The molecule has 0 aliphatic carbocycles. The molecule has 0 amide bonds. The van der Waals surface area contributed by atoms with Crippen LogP contribution in [0.1, 0.15) is 48.5 Å². The van der Waals surface area contributed by atoms with Crippen LogP contribution in [-0.2, 0) is 4.79 Å². The van der Waals surface area contributed by atoms with Crippen molar-refractivity contribution in [1.82, 2.24) is 0 Å². The van der Waals surface area contributed by atoms with E-state index in [9.17, 15) is 9.90 Å². The van der Waals surface area contributed by atoms with E-state index < -0.39 is 5.97 Å². The molecular weight excluding hydrogens is 176 g/mol. The second kappa shape index (κ2) is 3.76. The highest BCUT2D eigenvalue weighted by Gasteiger charge is 2.29. The van der Waals surface area contributed by atoms with Gasteiger partial charge in [0.15, 0.2) is 0 Å². The van der Waals surface area contributed by atoms with Crippen LogP contribution in [0.5, 0.6) is 0 Å². The van der Waals surface area contributed by atoms with Crippen LogP contribution in [0.3, 0.4) is 0 Å². The highest BCUT2D eigenvalue weighted by molar-refractivity contribution is 5.89. The van der Waals surface area contributed by atoms with Gasteiger partial charge in [-0.05, 0) is 17.8 Å². The second-order valence-corrected chi connectivity index (χ2v) is 5.81. The predicted molar refractivity (Wildman–Crippen MR) is 59.2 cm³/mol. The minimum Gasteiger partial charge on any atom is -0.478 e. The molecule has 0 saturated carbocycles. The lowest BCUT2D eigenvalue weighted by Gasteiger charge is -2.29. The molecule has 2 heteroatoms. The van der Waals surface area contributed by atoms with Gasteiger partial charge < -0.3 is 5.11 Å². The monoisotopic (exact) mass is 198 g/mol. The van der Waals surface area contributed by atoms with Crippen LogP contribution in [-0.4, -0.2) is 11.1 Å². The van der Waals surface area contributed by atoms with Crippen LogP contribution in [0.15, 0.2) is 11.1 Å². The fourth-order valence-corrected chi connectivity index (χ4v) is 1.42. The van der Waals surface area contributed by atoms with Crippen LogP contribution in [0, 0.1) is 10.8 Å². The van der Waals surface area contributed by atoms with Gasteiger partial charge in [-0.1, -0.05) is 47.1 Å². The van der Waals surface area contributed by atoms with Crippen LogP contribution < -0.4 is 0 Å². The zero-order chi connectivity index (χ0) is 11.7. The molecule has 0 rings (SSSR count). The first-order chi connectivity index (χ1) is 5.98. The number of carboxylic acid groups (broad SMARTS) is 1. The van der Waals surface area contributed by atoms with Gasteiger partial charge in [-0.25, -0.2) is 4.79 Å². The number of carbonyl (C=O) groups is 1. The molecule has 2 nitrogen and oxygen atoms in total. The molecule has 0 fully saturated rings. The molecule has 0 aliphatic heterocycles. The number of carboxylic acids is 1. The van der Waals surface area contributed by atoms with Gasteiger partial charge in [0, 0.05) is 5.57 Å². The molecule has 0 heterocycles. The topological polar surface area (TPSA) is 37.3 Å². The Kier molecular flexibility index (Phi) is 3.54. The van der Waals surface area contributed by atoms with Crippen molar-refractivity contribution in [3.05, 3.63) is 11.1 Å². The van der Waals surface area contributed by atoms with Gasteiger partial charge in [-0.15, -0.1) is 0 Å². The Morgan fingerprint density at radius 2 is 1.29 bits per heavy atom. The summed E-state index contributed by atoms with van der Waals surface area (Å²) in [6.45, 7) is 13.8. The summed E-state index contributed by atoms with van der Waals surface area (Å²) >= 11 is 0. The summed E-state index contributed by atoms with van der Waals surface area (Å²) < 4.78 is 0. The highest BCUT2D eigenvalue weighted by atomic mass is 16.4. The van der Waals surface area contributed by atoms with Gasteiger partial charge in [0.05, 0.1) is 0 Å². The lowest BCUT2D eigenvalue weighted by Crippen LogP contribution is -2.23. The second-order valence-electron chi connectivity index (χ2n) is 5.81. The Morgan fingerprint density at radius 3 is 1.36 bits per heavy atom. The average molecular weight is 198 g/mol. The molecule has 82 valence electrons. The molecule has 0 radical (unpaired) electrons. The molecule has 0 aliphatic rings. The molecule has 0 bridgehead atoms. The SMILES string of the molecule is C/C(=C(/C(=O)O)C(C)(C)C)C(C)(C)C. The van der Waals surface area contributed by atoms with Crippen molar-refractivity contribution in [2.24, 2.45) is 10.8 Å². The van der Waals surface area contributed by atoms with E-state index >= 15 is 0 Å². The number of hydrogen-bond donors (Lipinski definition) is 1. The minimum absolute atomic E-state index is 0.0823. The standard InChI is InChI=1S/C12H22O2/c1-8(11(2,3)4)9(10(13)14)12(5,6)7/h1-7H3,(H,13,14)/b9-8+. The van der Waals surface area contributed by atoms with Crippen LogP contribution >= 0.6 is 0 Å². The third-order valence-electron chi connectivity index (χ3n) is 2.46. The largest absolute Gasteiger partial charge is 0.478 e. The summed E-state index contributed by atoms with van der Waals surface area (Å²) in [6, 6.07) is 0. The Balaban J connectivity index is 5.53.